The number of benzene rings is 1. The molecule has 0 saturated heterocycles. The van der Waals surface area contributed by atoms with Crippen LogP contribution in [0.4, 0.5) is 11.6 Å². The van der Waals surface area contributed by atoms with Crippen LogP contribution in [0.5, 0.6) is 0 Å². The van der Waals surface area contributed by atoms with Gasteiger partial charge in [0.2, 0.25) is 5.95 Å². The van der Waals surface area contributed by atoms with Gasteiger partial charge in [0.05, 0.1) is 17.6 Å². The van der Waals surface area contributed by atoms with Crippen molar-refractivity contribution in [2.45, 2.75) is 26.8 Å². The number of aromatic nitrogens is 5. The van der Waals surface area contributed by atoms with Crippen molar-refractivity contribution >= 4 is 40.4 Å². The maximum absolute atomic E-state index is 12.7. The number of aromatic amines is 1. The monoisotopic (exact) mass is 454 g/mol. The number of aliphatic imine (C=N–C) groups is 1. The van der Waals surface area contributed by atoms with Crippen molar-refractivity contribution in [3.63, 3.8) is 0 Å². The Bertz CT molecular complexity index is 1430. The molecule has 1 aliphatic rings. The second-order valence-corrected chi connectivity index (χ2v) is 8.62. The zero-order chi connectivity index (χ0) is 23.7. The Kier molecular flexibility index (Phi) is 5.67. The first kappa shape index (κ1) is 21.6. The maximum Gasteiger partial charge on any atom is 0.267 e. The topological polar surface area (TPSA) is 113 Å². The number of rotatable bonds is 6. The van der Waals surface area contributed by atoms with Gasteiger partial charge in [0.15, 0.2) is 0 Å². The van der Waals surface area contributed by atoms with Crippen molar-refractivity contribution < 1.29 is 4.79 Å². The van der Waals surface area contributed by atoms with Gasteiger partial charge in [0.1, 0.15) is 5.69 Å². The zero-order valence-electron chi connectivity index (χ0n) is 19.3. The van der Waals surface area contributed by atoms with Gasteiger partial charge in [0.25, 0.3) is 5.91 Å². The highest BCUT2D eigenvalue weighted by Crippen LogP contribution is 2.26. The fourth-order valence-corrected chi connectivity index (χ4v) is 3.94. The van der Waals surface area contributed by atoms with E-state index in [1.165, 1.54) is 0 Å². The van der Waals surface area contributed by atoms with Crippen molar-refractivity contribution in [1.82, 2.24) is 30.0 Å². The highest BCUT2D eigenvalue weighted by molar-refractivity contribution is 5.99. The number of fused-ring (bicyclic) bond motifs is 1. The molecule has 172 valence electrons. The molecule has 5 rings (SSSR count). The molecule has 3 N–H and O–H groups in total. The van der Waals surface area contributed by atoms with Crippen molar-refractivity contribution in [3.05, 3.63) is 71.4 Å². The molecule has 9 nitrogen and oxygen atoms in total. The first-order valence-electron chi connectivity index (χ1n) is 11.2. The number of hydrogen-bond acceptors (Lipinski definition) is 6. The second-order valence-electron chi connectivity index (χ2n) is 8.62. The number of hydrogen-bond donors (Lipinski definition) is 3. The third-order valence-corrected chi connectivity index (χ3v) is 5.71. The molecule has 0 fully saturated rings. The van der Waals surface area contributed by atoms with Gasteiger partial charge in [-0.15, -0.1) is 0 Å². The maximum atomic E-state index is 12.7. The minimum atomic E-state index is -0.166. The molecule has 3 aromatic heterocycles. The summed E-state index contributed by atoms with van der Waals surface area (Å²) in [5.74, 6) is 0.776. The smallest absolute Gasteiger partial charge is 0.267 e. The number of H-pyrrole nitrogens is 1. The molecular weight excluding hydrogens is 428 g/mol. The summed E-state index contributed by atoms with van der Waals surface area (Å²) in [7, 11) is 1.85. The molecule has 34 heavy (non-hydrogen) atoms. The minimum absolute atomic E-state index is 0.166. The quantitative estimate of drug-likeness (QED) is 0.406. The predicted octanol–water partition coefficient (Wildman–Crippen LogP) is 4.12. The molecule has 1 aromatic carbocycles. The number of nitrogens with zero attached hydrogens (tertiary/aromatic N) is 5. The van der Waals surface area contributed by atoms with E-state index in [2.05, 4.69) is 48.7 Å². The molecule has 1 atom stereocenters. The molecule has 0 radical (unpaired) electrons. The lowest BCUT2D eigenvalue weighted by Crippen LogP contribution is -2.22. The van der Waals surface area contributed by atoms with E-state index in [0.29, 0.717) is 24.1 Å². The Balaban J connectivity index is 1.33. The number of amides is 1. The summed E-state index contributed by atoms with van der Waals surface area (Å²) in [6, 6.07) is 7.70. The summed E-state index contributed by atoms with van der Waals surface area (Å²) in [5, 5.41) is 11.3. The lowest BCUT2D eigenvalue weighted by Gasteiger charge is -2.12. The number of aryl methyl sites for hydroxylation is 2. The van der Waals surface area contributed by atoms with Gasteiger partial charge in [0, 0.05) is 54.4 Å². The molecule has 1 unspecified atom stereocenters. The fraction of sp³-hybridized carbons (Fsp3) is 0.240. The lowest BCUT2D eigenvalue weighted by molar-refractivity contribution is 0.0946. The van der Waals surface area contributed by atoms with E-state index >= 15 is 0 Å². The average Bonchev–Trinajstić information content (AvgIpc) is 3.44. The van der Waals surface area contributed by atoms with Crippen molar-refractivity contribution in [2.75, 3.05) is 5.32 Å². The van der Waals surface area contributed by atoms with Gasteiger partial charge in [-0.2, -0.15) is 5.10 Å². The standard InChI is InChI=1S/C25H26N8O/c1-15-4-5-20(27-11-15)21-6-7-26-25(32-21)30-19-8-16(2)23-18(9-19)10-22(31-23)24(34)28-12-17-13-29-33(3)14-17/h5-11,13-15,31H,4,12H2,1-3H3,(H,28,34)(H,26,30,32). The van der Waals surface area contributed by atoms with Crippen LogP contribution >= 0.6 is 0 Å². The molecule has 1 aliphatic heterocycles. The van der Waals surface area contributed by atoms with Crippen LogP contribution in [0.3, 0.4) is 0 Å². The molecule has 4 aromatic rings. The van der Waals surface area contributed by atoms with E-state index in [1.54, 1.807) is 17.1 Å². The normalized spacial score (nSPS) is 15.4. The largest absolute Gasteiger partial charge is 0.350 e. The molecule has 0 spiro atoms. The third-order valence-electron chi connectivity index (χ3n) is 5.71. The summed E-state index contributed by atoms with van der Waals surface area (Å²) >= 11 is 0. The van der Waals surface area contributed by atoms with E-state index < -0.39 is 0 Å². The number of anilines is 2. The Morgan fingerprint density at radius 3 is 2.94 bits per heavy atom. The highest BCUT2D eigenvalue weighted by Gasteiger charge is 2.13. The first-order chi connectivity index (χ1) is 16.4. The van der Waals surface area contributed by atoms with Crippen LogP contribution in [-0.4, -0.2) is 36.9 Å². The van der Waals surface area contributed by atoms with Crippen molar-refractivity contribution in [2.24, 2.45) is 18.0 Å². The van der Waals surface area contributed by atoms with Gasteiger partial charge < -0.3 is 15.6 Å². The molecule has 0 saturated carbocycles. The van der Waals surface area contributed by atoms with Crippen LogP contribution in [-0.2, 0) is 13.6 Å². The third kappa shape index (κ3) is 4.59. The highest BCUT2D eigenvalue weighted by atomic mass is 16.1. The Labute approximate surface area is 197 Å². The Morgan fingerprint density at radius 1 is 1.29 bits per heavy atom. The van der Waals surface area contributed by atoms with Crippen molar-refractivity contribution in [1.29, 1.82) is 0 Å². The molecule has 1 amide bonds. The van der Waals surface area contributed by atoms with Gasteiger partial charge in [-0.1, -0.05) is 13.0 Å². The fourth-order valence-electron chi connectivity index (χ4n) is 3.94. The zero-order valence-corrected chi connectivity index (χ0v) is 19.3. The number of nitrogens with one attached hydrogen (secondary N) is 3. The van der Waals surface area contributed by atoms with Crippen LogP contribution < -0.4 is 10.6 Å². The summed E-state index contributed by atoms with van der Waals surface area (Å²) in [6.45, 7) is 4.56. The molecular formula is C25H26N8O. The number of carbonyl (C=O) groups is 1. The average molecular weight is 455 g/mol. The van der Waals surface area contributed by atoms with E-state index in [-0.39, 0.29) is 5.91 Å². The first-order valence-corrected chi connectivity index (χ1v) is 11.2. The number of carbonyl (C=O) groups excluding carboxylic acids is 1. The Hall–Kier alpha value is -4.27. The molecule has 0 aliphatic carbocycles. The summed E-state index contributed by atoms with van der Waals surface area (Å²) in [5.41, 5.74) is 5.88. The molecule has 4 heterocycles. The Morgan fingerprint density at radius 2 is 2.18 bits per heavy atom. The van der Waals surface area contributed by atoms with E-state index in [0.717, 1.165) is 45.5 Å². The minimum Gasteiger partial charge on any atom is -0.350 e. The SMILES string of the molecule is Cc1cc(Nc2nccc(C3=CCC(C)C=N3)n2)cc2cc(C(=O)NCc3cnn(C)c3)[nH]c12. The summed E-state index contributed by atoms with van der Waals surface area (Å²) < 4.78 is 1.71. The second kappa shape index (κ2) is 8.93. The summed E-state index contributed by atoms with van der Waals surface area (Å²) in [6.07, 6.45) is 10.4. The lowest BCUT2D eigenvalue weighted by atomic mass is 10.1. The number of allylic oxidation sites excluding steroid dienone is 1. The van der Waals surface area contributed by atoms with Crippen LogP contribution in [0.15, 0.2) is 53.9 Å². The van der Waals surface area contributed by atoms with E-state index in [4.69, 9.17) is 0 Å². The van der Waals surface area contributed by atoms with Gasteiger partial charge >= 0.3 is 0 Å². The van der Waals surface area contributed by atoms with Gasteiger partial charge in [-0.3, -0.25) is 14.5 Å². The van der Waals surface area contributed by atoms with Crippen LogP contribution in [0.2, 0.25) is 0 Å². The van der Waals surface area contributed by atoms with Crippen LogP contribution in [0.25, 0.3) is 16.6 Å². The molecule has 9 heteroatoms. The van der Waals surface area contributed by atoms with E-state index in [1.807, 2.05) is 50.6 Å². The van der Waals surface area contributed by atoms with Crippen molar-refractivity contribution in [3.8, 4) is 0 Å². The van der Waals surface area contributed by atoms with Crippen LogP contribution in [0, 0.1) is 12.8 Å². The van der Waals surface area contributed by atoms with Gasteiger partial charge in [-0.05, 0) is 49.1 Å². The predicted molar refractivity (Wildman–Crippen MR) is 133 cm³/mol. The molecule has 0 bridgehead atoms. The van der Waals surface area contributed by atoms with Crippen LogP contribution in [0.1, 0.15) is 40.7 Å². The summed E-state index contributed by atoms with van der Waals surface area (Å²) in [4.78, 5) is 29.4. The van der Waals surface area contributed by atoms with E-state index in [9.17, 15) is 4.79 Å². The van der Waals surface area contributed by atoms with Gasteiger partial charge in [-0.25, -0.2) is 9.97 Å².